The van der Waals surface area contributed by atoms with Crippen molar-refractivity contribution < 1.29 is 18.9 Å². The van der Waals surface area contributed by atoms with E-state index in [2.05, 4.69) is 18.3 Å². The summed E-state index contributed by atoms with van der Waals surface area (Å²) in [5.41, 5.74) is 3.91. The first-order chi connectivity index (χ1) is 16.1. The summed E-state index contributed by atoms with van der Waals surface area (Å²) in [5, 5.41) is 6.46. The van der Waals surface area contributed by atoms with Gasteiger partial charge in [0, 0.05) is 37.0 Å². The van der Waals surface area contributed by atoms with Crippen molar-refractivity contribution in [1.29, 1.82) is 0 Å². The predicted octanol–water partition coefficient (Wildman–Crippen LogP) is 4.98. The maximum atomic E-state index is 5.58. The molecule has 2 heterocycles. The largest absolute Gasteiger partial charge is 0.497 e. The molecule has 0 atom stereocenters. The molecule has 0 saturated carbocycles. The number of methoxy groups -OCH3 is 4. The molecular formula is C26H29N3O4. The Morgan fingerprint density at radius 2 is 1.61 bits per heavy atom. The molecule has 0 bridgehead atoms. The van der Waals surface area contributed by atoms with Crippen molar-refractivity contribution in [3.8, 4) is 17.2 Å². The van der Waals surface area contributed by atoms with Crippen LogP contribution >= 0.6 is 0 Å². The molecule has 33 heavy (non-hydrogen) atoms. The zero-order valence-electron chi connectivity index (χ0n) is 19.7. The fraction of sp³-hybridized carbons (Fsp3) is 0.308. The van der Waals surface area contributed by atoms with Crippen molar-refractivity contribution in [1.82, 2.24) is 9.97 Å². The maximum absolute atomic E-state index is 5.58. The van der Waals surface area contributed by atoms with Crippen LogP contribution in [0.5, 0.6) is 17.2 Å². The lowest BCUT2D eigenvalue weighted by Gasteiger charge is -2.16. The van der Waals surface area contributed by atoms with Crippen LogP contribution in [0.15, 0.2) is 42.6 Å². The Morgan fingerprint density at radius 3 is 2.27 bits per heavy atom. The summed E-state index contributed by atoms with van der Waals surface area (Å²) in [5.74, 6) is 3.01. The van der Waals surface area contributed by atoms with E-state index in [1.165, 1.54) is 0 Å². The molecular weight excluding hydrogens is 418 g/mol. The molecule has 4 aromatic rings. The smallest absolute Gasteiger partial charge is 0.161 e. The first-order valence-corrected chi connectivity index (χ1v) is 10.8. The number of ether oxygens (including phenoxy) is 4. The summed E-state index contributed by atoms with van der Waals surface area (Å²) in [4.78, 5) is 9.58. The maximum Gasteiger partial charge on any atom is 0.161 e. The molecule has 0 saturated heterocycles. The highest BCUT2D eigenvalue weighted by Gasteiger charge is 2.16. The zero-order chi connectivity index (χ0) is 23.4. The Morgan fingerprint density at radius 1 is 0.848 bits per heavy atom. The number of fused-ring (bicyclic) bond motifs is 2. The Balaban J connectivity index is 1.88. The molecule has 0 radical (unpaired) electrons. The highest BCUT2D eigenvalue weighted by atomic mass is 16.5. The average Bonchev–Trinajstić information content (AvgIpc) is 2.84. The topological polar surface area (TPSA) is 74.7 Å². The number of hydrogen-bond donors (Lipinski definition) is 1. The van der Waals surface area contributed by atoms with Gasteiger partial charge in [-0.3, -0.25) is 4.98 Å². The molecule has 172 valence electrons. The zero-order valence-corrected chi connectivity index (χ0v) is 19.7. The molecule has 0 fully saturated rings. The lowest BCUT2D eigenvalue weighted by Crippen LogP contribution is -2.06. The number of nitrogens with one attached hydrogen (secondary N) is 1. The minimum atomic E-state index is 0.409. The number of benzene rings is 2. The Hall–Kier alpha value is -3.58. The van der Waals surface area contributed by atoms with Crippen molar-refractivity contribution >= 4 is 27.5 Å². The van der Waals surface area contributed by atoms with Crippen molar-refractivity contribution in [2.24, 2.45) is 0 Å². The van der Waals surface area contributed by atoms with Gasteiger partial charge in [-0.25, -0.2) is 4.98 Å². The second-order valence-corrected chi connectivity index (χ2v) is 7.68. The molecule has 2 aromatic heterocycles. The van der Waals surface area contributed by atoms with Crippen LogP contribution in [0.3, 0.4) is 0 Å². The summed E-state index contributed by atoms with van der Waals surface area (Å²) in [6.45, 7) is 3.25. The van der Waals surface area contributed by atoms with Gasteiger partial charge in [0.15, 0.2) is 11.5 Å². The number of aromatic nitrogens is 2. The van der Waals surface area contributed by atoms with Gasteiger partial charge in [-0.15, -0.1) is 0 Å². The SMILES string of the molecule is CCNc1nc2ccc(OC)cc2cc1Cc1cnc(COC)c2cc(OC)c(OC)cc12. The molecule has 4 rings (SSSR count). The van der Waals surface area contributed by atoms with Gasteiger partial charge in [-0.05, 0) is 59.8 Å². The molecule has 0 unspecified atom stereocenters. The number of hydrogen-bond acceptors (Lipinski definition) is 7. The van der Waals surface area contributed by atoms with Gasteiger partial charge in [0.2, 0.25) is 0 Å². The van der Waals surface area contributed by atoms with E-state index in [1.807, 2.05) is 36.5 Å². The van der Waals surface area contributed by atoms with Crippen molar-refractivity contribution in [2.75, 3.05) is 40.3 Å². The first-order valence-electron chi connectivity index (χ1n) is 10.8. The molecule has 0 aliphatic rings. The van der Waals surface area contributed by atoms with Gasteiger partial charge in [0.1, 0.15) is 11.6 Å². The van der Waals surface area contributed by atoms with E-state index in [0.717, 1.165) is 56.6 Å². The number of rotatable bonds is 9. The highest BCUT2D eigenvalue weighted by Crippen LogP contribution is 2.36. The monoisotopic (exact) mass is 447 g/mol. The van der Waals surface area contributed by atoms with Gasteiger partial charge in [-0.2, -0.15) is 0 Å². The molecule has 7 heteroatoms. The molecule has 0 aliphatic carbocycles. The van der Waals surface area contributed by atoms with Crippen LogP contribution in [0, 0.1) is 0 Å². The third-order valence-corrected chi connectivity index (χ3v) is 5.66. The van der Waals surface area contributed by atoms with Crippen LogP contribution < -0.4 is 19.5 Å². The Bertz CT molecular complexity index is 1290. The Labute approximate surface area is 193 Å². The summed E-state index contributed by atoms with van der Waals surface area (Å²) >= 11 is 0. The van der Waals surface area contributed by atoms with E-state index in [-0.39, 0.29) is 0 Å². The van der Waals surface area contributed by atoms with Crippen LogP contribution in [0.25, 0.3) is 21.7 Å². The first kappa shape index (κ1) is 22.6. The van der Waals surface area contributed by atoms with Crippen molar-refractivity contribution in [3.05, 3.63) is 59.4 Å². The predicted molar refractivity (Wildman–Crippen MR) is 131 cm³/mol. The van der Waals surface area contributed by atoms with E-state index in [4.69, 9.17) is 28.9 Å². The van der Waals surface area contributed by atoms with Crippen LogP contribution in [-0.2, 0) is 17.8 Å². The third-order valence-electron chi connectivity index (χ3n) is 5.66. The van der Waals surface area contributed by atoms with Crippen molar-refractivity contribution in [2.45, 2.75) is 20.0 Å². The second-order valence-electron chi connectivity index (χ2n) is 7.68. The molecule has 2 aromatic carbocycles. The van der Waals surface area contributed by atoms with Gasteiger partial charge in [0.05, 0.1) is 39.1 Å². The fourth-order valence-electron chi connectivity index (χ4n) is 4.06. The summed E-state index contributed by atoms with van der Waals surface area (Å²) in [6.07, 6.45) is 2.56. The van der Waals surface area contributed by atoms with E-state index in [0.29, 0.717) is 24.5 Å². The lowest BCUT2D eigenvalue weighted by atomic mass is 9.98. The number of anilines is 1. The molecule has 0 amide bonds. The van der Waals surface area contributed by atoms with Crippen molar-refractivity contribution in [3.63, 3.8) is 0 Å². The summed E-state index contributed by atoms with van der Waals surface area (Å²) in [7, 11) is 6.61. The van der Waals surface area contributed by atoms with Crippen LogP contribution in [-0.4, -0.2) is 45.0 Å². The summed E-state index contributed by atoms with van der Waals surface area (Å²) in [6, 6.07) is 12.1. The number of pyridine rings is 2. The Kier molecular flexibility index (Phi) is 6.79. The van der Waals surface area contributed by atoms with Gasteiger partial charge >= 0.3 is 0 Å². The minimum Gasteiger partial charge on any atom is -0.497 e. The quantitative estimate of drug-likeness (QED) is 0.388. The lowest BCUT2D eigenvalue weighted by molar-refractivity contribution is 0.182. The van der Waals surface area contributed by atoms with Crippen LogP contribution in [0.4, 0.5) is 5.82 Å². The molecule has 7 nitrogen and oxygen atoms in total. The third kappa shape index (κ3) is 4.50. The standard InChI is InChI=1S/C26H29N3O4/c1-6-27-26-17(9-16-11-19(31-3)7-8-22(16)29-26)10-18-14-28-23(15-30-2)21-13-25(33-5)24(32-4)12-20(18)21/h7-9,11-14H,6,10,15H2,1-5H3,(H,27,29). The van der Waals surface area contributed by atoms with Crippen LogP contribution in [0.1, 0.15) is 23.7 Å². The van der Waals surface area contributed by atoms with E-state index in [1.54, 1.807) is 28.4 Å². The van der Waals surface area contributed by atoms with Gasteiger partial charge in [-0.1, -0.05) is 0 Å². The average molecular weight is 448 g/mol. The summed E-state index contributed by atoms with van der Waals surface area (Å²) < 4.78 is 21.9. The molecule has 0 spiro atoms. The fourth-order valence-corrected chi connectivity index (χ4v) is 4.06. The molecule has 0 aliphatic heterocycles. The van der Waals surface area contributed by atoms with Crippen LogP contribution in [0.2, 0.25) is 0 Å². The second kappa shape index (κ2) is 9.92. The number of nitrogens with zero attached hydrogens (tertiary/aromatic N) is 2. The minimum absolute atomic E-state index is 0.409. The molecule has 1 N–H and O–H groups in total. The van der Waals surface area contributed by atoms with Gasteiger partial charge in [0.25, 0.3) is 0 Å². The van der Waals surface area contributed by atoms with E-state index in [9.17, 15) is 0 Å². The van der Waals surface area contributed by atoms with E-state index < -0.39 is 0 Å². The normalized spacial score (nSPS) is 11.1. The van der Waals surface area contributed by atoms with E-state index >= 15 is 0 Å². The van der Waals surface area contributed by atoms with Gasteiger partial charge < -0.3 is 24.3 Å². The highest BCUT2D eigenvalue weighted by molar-refractivity contribution is 5.91.